The molecule has 0 aromatic heterocycles. The van der Waals surface area contributed by atoms with Crippen LogP contribution < -0.4 is 5.32 Å². The van der Waals surface area contributed by atoms with E-state index in [1.165, 1.54) is 0 Å². The SMILES string of the molecule is CCOC(=O)NC(=O)SSC(=O)Cl. The van der Waals surface area contributed by atoms with Gasteiger partial charge in [0, 0.05) is 21.6 Å². The molecule has 0 saturated carbocycles. The van der Waals surface area contributed by atoms with E-state index in [-0.39, 0.29) is 6.61 Å². The Bertz CT molecular complexity index is 223. The van der Waals surface area contributed by atoms with E-state index < -0.39 is 15.9 Å². The van der Waals surface area contributed by atoms with Crippen LogP contribution >= 0.6 is 33.2 Å². The molecule has 2 amide bonds. The first-order valence-electron chi connectivity index (χ1n) is 3.08. The largest absolute Gasteiger partial charge is 0.450 e. The van der Waals surface area contributed by atoms with Crippen molar-refractivity contribution in [2.75, 3.05) is 6.61 Å². The molecule has 0 aliphatic carbocycles. The molecule has 0 bridgehead atoms. The van der Waals surface area contributed by atoms with Crippen molar-refractivity contribution < 1.29 is 19.1 Å². The molecule has 74 valence electrons. The molecule has 0 rings (SSSR count). The third-order valence-electron chi connectivity index (χ3n) is 0.662. The molecular formula is C5H6ClNO4S2. The van der Waals surface area contributed by atoms with E-state index in [4.69, 9.17) is 11.6 Å². The highest BCUT2D eigenvalue weighted by atomic mass is 35.5. The molecule has 0 fully saturated rings. The fourth-order valence-electron chi connectivity index (χ4n) is 0.342. The molecule has 1 N–H and O–H groups in total. The molecule has 0 aliphatic rings. The van der Waals surface area contributed by atoms with Crippen molar-refractivity contribution in [2.45, 2.75) is 6.92 Å². The van der Waals surface area contributed by atoms with Crippen LogP contribution in [0, 0.1) is 0 Å². The summed E-state index contributed by atoms with van der Waals surface area (Å²) in [6, 6.07) is 0. The third kappa shape index (κ3) is 7.94. The summed E-state index contributed by atoms with van der Waals surface area (Å²) in [6.45, 7) is 1.78. The van der Waals surface area contributed by atoms with Gasteiger partial charge in [0.25, 0.3) is 9.81 Å². The van der Waals surface area contributed by atoms with Crippen LogP contribution in [-0.2, 0) is 4.74 Å². The smallest absolute Gasteiger partial charge is 0.414 e. The molecule has 0 aromatic rings. The second kappa shape index (κ2) is 7.05. The van der Waals surface area contributed by atoms with E-state index in [1.807, 2.05) is 5.32 Å². The zero-order chi connectivity index (χ0) is 10.3. The number of carbonyl (C=O) groups is 3. The third-order valence-corrected chi connectivity index (χ3v) is 2.79. The second-order valence-electron chi connectivity index (χ2n) is 1.54. The van der Waals surface area contributed by atoms with Crippen LogP contribution in [0.25, 0.3) is 0 Å². The van der Waals surface area contributed by atoms with Crippen LogP contribution in [0.4, 0.5) is 14.4 Å². The van der Waals surface area contributed by atoms with Gasteiger partial charge in [0.15, 0.2) is 0 Å². The van der Waals surface area contributed by atoms with Crippen LogP contribution in [0.3, 0.4) is 0 Å². The van der Waals surface area contributed by atoms with Crippen molar-refractivity contribution in [1.82, 2.24) is 5.32 Å². The number of halogens is 1. The van der Waals surface area contributed by atoms with Gasteiger partial charge in [-0.2, -0.15) is 0 Å². The number of imide groups is 1. The lowest BCUT2D eigenvalue weighted by atomic mass is 10.9. The number of ether oxygens (including phenoxy) is 1. The molecule has 0 unspecified atom stereocenters. The van der Waals surface area contributed by atoms with Crippen LogP contribution in [0.5, 0.6) is 0 Å². The minimum atomic E-state index is -0.845. The van der Waals surface area contributed by atoms with Crippen LogP contribution in [0.1, 0.15) is 6.92 Å². The lowest BCUT2D eigenvalue weighted by Gasteiger charge is -2.00. The Morgan fingerprint density at radius 2 is 2.00 bits per heavy atom. The lowest BCUT2D eigenvalue weighted by molar-refractivity contribution is 0.155. The van der Waals surface area contributed by atoms with Crippen molar-refractivity contribution in [3.63, 3.8) is 0 Å². The van der Waals surface area contributed by atoms with Gasteiger partial charge in [0.2, 0.25) is 0 Å². The monoisotopic (exact) mass is 243 g/mol. The lowest BCUT2D eigenvalue weighted by Crippen LogP contribution is -2.27. The van der Waals surface area contributed by atoms with Crippen LogP contribution in [0.15, 0.2) is 0 Å². The fourth-order valence-corrected chi connectivity index (χ4v) is 1.44. The summed E-state index contributed by atoms with van der Waals surface area (Å²) in [5.41, 5.74) is 0. The Morgan fingerprint density at radius 1 is 1.38 bits per heavy atom. The summed E-state index contributed by atoms with van der Waals surface area (Å²) in [6.07, 6.45) is -0.845. The van der Waals surface area contributed by atoms with Crippen molar-refractivity contribution in [3.05, 3.63) is 0 Å². The molecular weight excluding hydrogens is 238 g/mol. The highest BCUT2D eigenvalue weighted by molar-refractivity contribution is 8.87. The zero-order valence-electron chi connectivity index (χ0n) is 6.53. The average molecular weight is 244 g/mol. The molecule has 0 saturated heterocycles. The molecule has 0 spiro atoms. The van der Waals surface area contributed by atoms with Crippen molar-refractivity contribution in [3.8, 4) is 0 Å². The van der Waals surface area contributed by atoms with E-state index in [9.17, 15) is 14.4 Å². The summed E-state index contributed by atoms with van der Waals surface area (Å²) >= 11 is 4.93. The standard InChI is InChI=1S/C5H6ClNO4S2/c1-2-11-4(9)7-5(10)13-12-3(6)8/h2H2,1H3,(H,7,9,10). The van der Waals surface area contributed by atoms with Gasteiger partial charge in [-0.3, -0.25) is 14.9 Å². The summed E-state index contributed by atoms with van der Waals surface area (Å²) in [5, 5.41) is 1.17. The minimum absolute atomic E-state index is 0.172. The van der Waals surface area contributed by atoms with Gasteiger partial charge in [0.05, 0.1) is 6.61 Å². The molecule has 0 aromatic carbocycles. The normalized spacial score (nSPS) is 9.08. The van der Waals surface area contributed by atoms with Gasteiger partial charge in [-0.15, -0.1) is 0 Å². The van der Waals surface area contributed by atoms with E-state index in [1.54, 1.807) is 6.92 Å². The van der Waals surface area contributed by atoms with Crippen LogP contribution in [0.2, 0.25) is 0 Å². The molecule has 8 heteroatoms. The Kier molecular flexibility index (Phi) is 6.83. The first-order chi connectivity index (χ1) is 6.06. The van der Waals surface area contributed by atoms with Gasteiger partial charge in [0.1, 0.15) is 0 Å². The number of nitrogens with one attached hydrogen (secondary N) is 1. The van der Waals surface area contributed by atoms with Gasteiger partial charge < -0.3 is 4.74 Å². The predicted molar refractivity (Wildman–Crippen MR) is 52.0 cm³/mol. The van der Waals surface area contributed by atoms with Gasteiger partial charge in [-0.1, -0.05) is 0 Å². The van der Waals surface area contributed by atoms with Crippen molar-refractivity contribution in [2.24, 2.45) is 0 Å². The molecule has 13 heavy (non-hydrogen) atoms. The zero-order valence-corrected chi connectivity index (χ0v) is 8.92. The summed E-state index contributed by atoms with van der Waals surface area (Å²) < 4.78 is 3.68. The van der Waals surface area contributed by atoms with Gasteiger partial charge in [-0.05, 0) is 18.5 Å². The fraction of sp³-hybridized carbons (Fsp3) is 0.400. The summed E-state index contributed by atoms with van der Waals surface area (Å²) in [7, 11) is 1.05. The Morgan fingerprint density at radius 3 is 2.46 bits per heavy atom. The average Bonchev–Trinajstić information content (AvgIpc) is 2.01. The highest BCUT2D eigenvalue weighted by Crippen LogP contribution is 2.24. The summed E-state index contributed by atoms with van der Waals surface area (Å²) in [5.74, 6) is 0. The number of amides is 2. The minimum Gasteiger partial charge on any atom is -0.450 e. The molecule has 0 heterocycles. The number of hydrogen-bond donors (Lipinski definition) is 1. The topological polar surface area (TPSA) is 72.5 Å². The first-order valence-corrected chi connectivity index (χ1v) is 5.60. The maximum absolute atomic E-state index is 10.8. The highest BCUT2D eigenvalue weighted by Gasteiger charge is 2.10. The van der Waals surface area contributed by atoms with E-state index in [0.717, 1.165) is 0 Å². The van der Waals surface area contributed by atoms with Gasteiger partial charge in [-0.25, -0.2) is 4.79 Å². The Hall–Kier alpha value is -0.400. The second-order valence-corrected chi connectivity index (χ2v) is 4.18. The maximum Gasteiger partial charge on any atom is 0.414 e. The quantitative estimate of drug-likeness (QED) is 0.564. The summed E-state index contributed by atoms with van der Waals surface area (Å²) in [4.78, 5) is 31.5. The molecule has 5 nitrogen and oxygen atoms in total. The molecule has 0 atom stereocenters. The maximum atomic E-state index is 10.8. The number of hydrogen-bond acceptors (Lipinski definition) is 6. The Labute approximate surface area is 87.3 Å². The predicted octanol–water partition coefficient (Wildman–Crippen LogP) is 2.59. The van der Waals surface area contributed by atoms with Crippen molar-refractivity contribution in [1.29, 1.82) is 0 Å². The number of rotatable bonds is 1. The van der Waals surface area contributed by atoms with Crippen LogP contribution in [-0.4, -0.2) is 22.5 Å². The van der Waals surface area contributed by atoms with E-state index >= 15 is 0 Å². The van der Waals surface area contributed by atoms with Gasteiger partial charge >= 0.3 is 6.09 Å². The number of carbonyl (C=O) groups excluding carboxylic acids is 3. The number of alkyl carbamates (subject to hydrolysis) is 1. The van der Waals surface area contributed by atoms with E-state index in [2.05, 4.69) is 4.74 Å². The first kappa shape index (κ1) is 12.6. The van der Waals surface area contributed by atoms with Crippen molar-refractivity contribution >= 4 is 49.1 Å². The molecule has 0 aliphatic heterocycles. The van der Waals surface area contributed by atoms with E-state index in [0.29, 0.717) is 21.6 Å². The molecule has 0 radical (unpaired) electrons. The Balaban J connectivity index is 3.62.